The molecule has 0 saturated heterocycles. The standard InChI is InChI=1S/C19H17N3O2/c23-19(18-12-14-6-1-4-9-17(14)24-18)20-10-5-11-22-13-21-15-7-2-3-8-16(15)22/h1-4,6-9,12-13H,5,10-11H2,(H,20,23). The van der Waals surface area contributed by atoms with E-state index in [2.05, 4.69) is 20.9 Å². The van der Waals surface area contributed by atoms with Crippen molar-refractivity contribution >= 4 is 27.9 Å². The molecule has 1 amide bonds. The van der Waals surface area contributed by atoms with Gasteiger partial charge in [-0.3, -0.25) is 4.79 Å². The van der Waals surface area contributed by atoms with Gasteiger partial charge in [-0.2, -0.15) is 0 Å². The van der Waals surface area contributed by atoms with Crippen LogP contribution in [0.4, 0.5) is 0 Å². The number of fused-ring (bicyclic) bond motifs is 2. The summed E-state index contributed by atoms with van der Waals surface area (Å²) in [6.07, 6.45) is 2.66. The van der Waals surface area contributed by atoms with Crippen molar-refractivity contribution in [2.24, 2.45) is 0 Å². The molecule has 0 aliphatic carbocycles. The zero-order valence-corrected chi connectivity index (χ0v) is 13.1. The van der Waals surface area contributed by atoms with Crippen LogP contribution in [0.15, 0.2) is 65.3 Å². The second-order valence-corrected chi connectivity index (χ2v) is 5.68. The maximum atomic E-state index is 12.2. The molecule has 2 aromatic carbocycles. The fourth-order valence-electron chi connectivity index (χ4n) is 2.82. The molecule has 0 atom stereocenters. The summed E-state index contributed by atoms with van der Waals surface area (Å²) in [5.41, 5.74) is 2.83. The van der Waals surface area contributed by atoms with Crippen LogP contribution in [0.2, 0.25) is 0 Å². The lowest BCUT2D eigenvalue weighted by Crippen LogP contribution is -2.24. The number of nitrogens with one attached hydrogen (secondary N) is 1. The number of para-hydroxylation sites is 3. The number of hydrogen-bond donors (Lipinski definition) is 1. The van der Waals surface area contributed by atoms with Crippen molar-refractivity contribution in [1.29, 1.82) is 0 Å². The first-order valence-electron chi connectivity index (χ1n) is 7.98. The molecule has 0 bridgehead atoms. The number of amides is 1. The van der Waals surface area contributed by atoms with Gasteiger partial charge in [-0.1, -0.05) is 30.3 Å². The highest BCUT2D eigenvalue weighted by atomic mass is 16.3. The molecule has 1 N–H and O–H groups in total. The highest BCUT2D eigenvalue weighted by Crippen LogP contribution is 2.18. The van der Waals surface area contributed by atoms with Crippen molar-refractivity contribution in [3.63, 3.8) is 0 Å². The van der Waals surface area contributed by atoms with E-state index in [1.54, 1.807) is 6.07 Å². The molecule has 0 spiro atoms. The Balaban J connectivity index is 1.34. The number of imidazole rings is 1. The fourth-order valence-corrected chi connectivity index (χ4v) is 2.82. The van der Waals surface area contributed by atoms with Crippen LogP contribution in [0, 0.1) is 0 Å². The molecule has 120 valence electrons. The monoisotopic (exact) mass is 319 g/mol. The second-order valence-electron chi connectivity index (χ2n) is 5.68. The first-order chi connectivity index (χ1) is 11.8. The SMILES string of the molecule is O=C(NCCCn1cnc2ccccc21)c1cc2ccccc2o1. The smallest absolute Gasteiger partial charge is 0.287 e. The largest absolute Gasteiger partial charge is 0.451 e. The van der Waals surface area contributed by atoms with Crippen LogP contribution in [-0.4, -0.2) is 22.0 Å². The van der Waals surface area contributed by atoms with E-state index in [0.29, 0.717) is 12.3 Å². The third-order valence-corrected chi connectivity index (χ3v) is 4.04. The number of carbonyl (C=O) groups is 1. The van der Waals surface area contributed by atoms with Crippen molar-refractivity contribution < 1.29 is 9.21 Å². The van der Waals surface area contributed by atoms with E-state index in [1.807, 2.05) is 48.8 Å². The third-order valence-electron chi connectivity index (χ3n) is 4.04. The quantitative estimate of drug-likeness (QED) is 0.572. The zero-order valence-electron chi connectivity index (χ0n) is 13.1. The molecule has 2 aromatic heterocycles. The fraction of sp³-hybridized carbons (Fsp3) is 0.158. The maximum Gasteiger partial charge on any atom is 0.287 e. The Morgan fingerprint density at radius 2 is 1.96 bits per heavy atom. The molecule has 5 nitrogen and oxygen atoms in total. The predicted octanol–water partition coefficient (Wildman–Crippen LogP) is 3.60. The average molecular weight is 319 g/mol. The Morgan fingerprint density at radius 3 is 2.88 bits per heavy atom. The van der Waals surface area contributed by atoms with Gasteiger partial charge in [-0.15, -0.1) is 0 Å². The minimum atomic E-state index is -0.179. The Labute approximate surface area is 138 Å². The van der Waals surface area contributed by atoms with Gasteiger partial charge in [0.05, 0.1) is 17.4 Å². The van der Waals surface area contributed by atoms with Crippen molar-refractivity contribution in [2.45, 2.75) is 13.0 Å². The topological polar surface area (TPSA) is 60.1 Å². The summed E-state index contributed by atoms with van der Waals surface area (Å²) in [4.78, 5) is 16.5. The number of aromatic nitrogens is 2. The summed E-state index contributed by atoms with van der Waals surface area (Å²) in [5, 5.41) is 3.84. The van der Waals surface area contributed by atoms with Crippen LogP contribution >= 0.6 is 0 Å². The third kappa shape index (κ3) is 2.76. The minimum absolute atomic E-state index is 0.179. The Morgan fingerprint density at radius 1 is 1.12 bits per heavy atom. The number of nitrogens with zero attached hydrogens (tertiary/aromatic N) is 2. The summed E-state index contributed by atoms with van der Waals surface area (Å²) in [5.74, 6) is 0.172. The molecular formula is C19H17N3O2. The highest BCUT2D eigenvalue weighted by molar-refractivity contribution is 5.96. The normalized spacial score (nSPS) is 11.2. The number of carbonyl (C=O) groups excluding carboxylic acids is 1. The lowest BCUT2D eigenvalue weighted by atomic mass is 10.2. The van der Waals surface area contributed by atoms with Crippen LogP contribution in [0.5, 0.6) is 0 Å². The van der Waals surface area contributed by atoms with E-state index < -0.39 is 0 Å². The molecule has 0 fully saturated rings. The summed E-state index contributed by atoms with van der Waals surface area (Å²) in [6.45, 7) is 1.39. The van der Waals surface area contributed by atoms with Crippen LogP contribution in [-0.2, 0) is 6.54 Å². The first-order valence-corrected chi connectivity index (χ1v) is 7.98. The number of hydrogen-bond acceptors (Lipinski definition) is 3. The van der Waals surface area contributed by atoms with Gasteiger partial charge < -0.3 is 14.3 Å². The molecular weight excluding hydrogens is 302 g/mol. The summed E-state index contributed by atoms with van der Waals surface area (Å²) < 4.78 is 7.66. The lowest BCUT2D eigenvalue weighted by Gasteiger charge is -2.05. The highest BCUT2D eigenvalue weighted by Gasteiger charge is 2.11. The summed E-state index contributed by atoms with van der Waals surface area (Å²) in [7, 11) is 0. The van der Waals surface area contributed by atoms with Crippen LogP contribution < -0.4 is 5.32 Å². The second kappa shape index (κ2) is 6.20. The van der Waals surface area contributed by atoms with Crippen molar-refractivity contribution in [3.05, 3.63) is 66.7 Å². The van der Waals surface area contributed by atoms with E-state index in [-0.39, 0.29) is 5.91 Å². The molecule has 0 radical (unpaired) electrons. The number of aryl methyl sites for hydroxylation is 1. The van der Waals surface area contributed by atoms with E-state index >= 15 is 0 Å². The van der Waals surface area contributed by atoms with Gasteiger partial charge in [0.2, 0.25) is 0 Å². The van der Waals surface area contributed by atoms with Gasteiger partial charge in [0.25, 0.3) is 5.91 Å². The van der Waals surface area contributed by atoms with Gasteiger partial charge in [-0.05, 0) is 30.7 Å². The van der Waals surface area contributed by atoms with E-state index in [1.165, 1.54) is 0 Å². The van der Waals surface area contributed by atoms with Gasteiger partial charge in [-0.25, -0.2) is 4.98 Å². The lowest BCUT2D eigenvalue weighted by molar-refractivity contribution is 0.0927. The van der Waals surface area contributed by atoms with Crippen LogP contribution in [0.25, 0.3) is 22.0 Å². The molecule has 0 unspecified atom stereocenters. The van der Waals surface area contributed by atoms with Crippen molar-refractivity contribution in [1.82, 2.24) is 14.9 Å². The van der Waals surface area contributed by atoms with E-state index in [4.69, 9.17) is 4.42 Å². The molecule has 5 heteroatoms. The van der Waals surface area contributed by atoms with Gasteiger partial charge in [0.15, 0.2) is 5.76 Å². The summed E-state index contributed by atoms with van der Waals surface area (Å²) >= 11 is 0. The molecule has 2 heterocycles. The molecule has 4 rings (SSSR count). The predicted molar refractivity (Wildman–Crippen MR) is 92.9 cm³/mol. The summed E-state index contributed by atoms with van der Waals surface area (Å²) in [6, 6.07) is 17.4. The van der Waals surface area contributed by atoms with E-state index in [0.717, 1.165) is 35.0 Å². The Bertz CT molecular complexity index is 967. The van der Waals surface area contributed by atoms with Gasteiger partial charge in [0, 0.05) is 18.5 Å². The number of rotatable bonds is 5. The molecule has 0 aliphatic rings. The van der Waals surface area contributed by atoms with Gasteiger partial charge in [0.1, 0.15) is 5.58 Å². The number of benzene rings is 2. The molecule has 0 saturated carbocycles. The van der Waals surface area contributed by atoms with E-state index in [9.17, 15) is 4.79 Å². The molecule has 0 aliphatic heterocycles. The zero-order chi connectivity index (χ0) is 16.4. The Kier molecular flexibility index (Phi) is 3.75. The van der Waals surface area contributed by atoms with Crippen molar-refractivity contribution in [2.75, 3.05) is 6.54 Å². The van der Waals surface area contributed by atoms with Crippen molar-refractivity contribution in [3.8, 4) is 0 Å². The van der Waals surface area contributed by atoms with Crippen LogP contribution in [0.1, 0.15) is 17.0 Å². The maximum absolute atomic E-state index is 12.2. The Hall–Kier alpha value is -3.08. The van der Waals surface area contributed by atoms with Gasteiger partial charge >= 0.3 is 0 Å². The first kappa shape index (κ1) is 14.5. The molecule has 4 aromatic rings. The number of furan rings is 1. The minimum Gasteiger partial charge on any atom is -0.451 e. The average Bonchev–Trinajstić information content (AvgIpc) is 3.23. The molecule has 24 heavy (non-hydrogen) atoms. The van der Waals surface area contributed by atoms with Crippen LogP contribution in [0.3, 0.4) is 0 Å².